The molecule has 2 N–H and O–H groups in total. The summed E-state index contributed by atoms with van der Waals surface area (Å²) in [6, 6.07) is 4.15. The second kappa shape index (κ2) is 12.3. The lowest BCUT2D eigenvalue weighted by Gasteiger charge is -2.36. The Morgan fingerprint density at radius 1 is 1.24 bits per heavy atom. The van der Waals surface area contributed by atoms with Gasteiger partial charge in [-0.05, 0) is 38.5 Å². The van der Waals surface area contributed by atoms with Crippen LogP contribution in [0.2, 0.25) is 0 Å². The molecule has 0 aromatic heterocycles. The van der Waals surface area contributed by atoms with Crippen molar-refractivity contribution in [2.24, 2.45) is 5.92 Å². The van der Waals surface area contributed by atoms with Crippen LogP contribution in [0.4, 0.5) is 10.5 Å². The fourth-order valence-corrected chi connectivity index (χ4v) is 4.34. The maximum absolute atomic E-state index is 13.3. The average molecular weight is 499 g/mol. The van der Waals surface area contributed by atoms with Gasteiger partial charge in [0, 0.05) is 45.4 Å². The third-order valence-electron chi connectivity index (χ3n) is 5.89. The van der Waals surface area contributed by atoms with Gasteiger partial charge in [0.25, 0.3) is 5.91 Å². The Labute approximate surface area is 203 Å². The predicted molar refractivity (Wildman–Crippen MR) is 132 cm³/mol. The lowest BCUT2D eigenvalue weighted by Crippen LogP contribution is -2.51. The highest BCUT2D eigenvalue weighted by atomic mass is 32.2. The Morgan fingerprint density at radius 2 is 1.94 bits per heavy atom. The summed E-state index contributed by atoms with van der Waals surface area (Å²) < 4.78 is 38.2. The lowest BCUT2D eigenvalue weighted by molar-refractivity contribution is 0.0166. The van der Waals surface area contributed by atoms with Crippen LogP contribution in [0.15, 0.2) is 18.2 Å². The van der Waals surface area contributed by atoms with Gasteiger partial charge in [-0.2, -0.15) is 0 Å². The van der Waals surface area contributed by atoms with E-state index in [0.29, 0.717) is 25.4 Å². The van der Waals surface area contributed by atoms with E-state index in [0.717, 1.165) is 6.42 Å². The first-order valence-corrected chi connectivity index (χ1v) is 13.3. The van der Waals surface area contributed by atoms with Crippen LogP contribution in [0, 0.1) is 5.92 Å². The third kappa shape index (κ3) is 7.23. The molecule has 0 saturated heterocycles. The van der Waals surface area contributed by atoms with Crippen LogP contribution in [-0.4, -0.2) is 88.5 Å². The predicted octanol–water partition coefficient (Wildman–Crippen LogP) is 2.37. The fraction of sp³-hybridized carbons (Fsp3) is 0.652. The first-order valence-electron chi connectivity index (χ1n) is 11.6. The van der Waals surface area contributed by atoms with Crippen molar-refractivity contribution in [1.29, 1.82) is 0 Å². The molecule has 1 aliphatic heterocycles. The van der Waals surface area contributed by atoms with Gasteiger partial charge in [-0.25, -0.2) is 13.2 Å². The first kappa shape index (κ1) is 27.7. The summed E-state index contributed by atoms with van der Waals surface area (Å²) in [5, 5.41) is 2.93. The summed E-state index contributed by atoms with van der Waals surface area (Å²) in [5.41, 5.74) is 0.513. The minimum atomic E-state index is -3.51. The van der Waals surface area contributed by atoms with Gasteiger partial charge in [0.1, 0.15) is 12.4 Å². The number of carbonyl (C=O) groups excluding carboxylic acids is 2. The number of sulfonamides is 1. The van der Waals surface area contributed by atoms with Crippen molar-refractivity contribution in [2.75, 3.05) is 50.9 Å². The van der Waals surface area contributed by atoms with Gasteiger partial charge >= 0.3 is 6.03 Å². The van der Waals surface area contributed by atoms with Gasteiger partial charge in [0.2, 0.25) is 10.0 Å². The molecule has 2 rings (SSSR count). The number of fused-ring (bicyclic) bond motifs is 1. The second-order valence-electron chi connectivity index (χ2n) is 8.70. The molecular formula is C23H38N4O6S. The molecule has 1 aliphatic rings. The zero-order chi connectivity index (χ0) is 25.5. The van der Waals surface area contributed by atoms with Gasteiger partial charge in [-0.15, -0.1) is 0 Å². The van der Waals surface area contributed by atoms with Crippen molar-refractivity contribution in [1.82, 2.24) is 15.1 Å². The first-order chi connectivity index (χ1) is 16.0. The molecule has 3 atom stereocenters. The zero-order valence-corrected chi connectivity index (χ0v) is 21.8. The molecule has 0 radical (unpaired) electrons. The molecule has 34 heavy (non-hydrogen) atoms. The van der Waals surface area contributed by atoms with E-state index in [-0.39, 0.29) is 53.6 Å². The van der Waals surface area contributed by atoms with E-state index in [9.17, 15) is 18.0 Å². The number of likely N-dealkylation sites (N-methyl/N-ethyl adjacent to an activating group) is 1. The van der Waals surface area contributed by atoms with Gasteiger partial charge in [-0.3, -0.25) is 9.52 Å². The Morgan fingerprint density at radius 3 is 2.56 bits per heavy atom. The summed E-state index contributed by atoms with van der Waals surface area (Å²) >= 11 is 0. The molecular weight excluding hydrogens is 460 g/mol. The number of hydrogen-bond donors (Lipinski definition) is 2. The minimum absolute atomic E-state index is 0.0586. The number of anilines is 1. The maximum atomic E-state index is 13.3. The van der Waals surface area contributed by atoms with E-state index in [1.54, 1.807) is 31.2 Å². The summed E-state index contributed by atoms with van der Waals surface area (Å²) in [6.07, 6.45) is 0.513. The topological polar surface area (TPSA) is 117 Å². The molecule has 10 nitrogen and oxygen atoms in total. The Hall–Kier alpha value is -2.53. The monoisotopic (exact) mass is 498 g/mol. The summed E-state index contributed by atoms with van der Waals surface area (Å²) in [7, 11) is -0.261. The number of amides is 3. The molecule has 0 saturated carbocycles. The molecule has 0 spiro atoms. The van der Waals surface area contributed by atoms with E-state index in [1.165, 1.54) is 17.9 Å². The van der Waals surface area contributed by atoms with Crippen molar-refractivity contribution in [3.8, 4) is 5.75 Å². The van der Waals surface area contributed by atoms with E-state index in [2.05, 4.69) is 10.0 Å². The highest BCUT2D eigenvalue weighted by molar-refractivity contribution is 7.92. The fourth-order valence-electron chi connectivity index (χ4n) is 3.71. The van der Waals surface area contributed by atoms with E-state index >= 15 is 0 Å². The molecule has 1 aromatic carbocycles. The number of ether oxygens (including phenoxy) is 2. The highest BCUT2D eigenvalue weighted by Crippen LogP contribution is 2.27. The van der Waals surface area contributed by atoms with E-state index in [1.807, 2.05) is 20.8 Å². The van der Waals surface area contributed by atoms with Gasteiger partial charge in [-0.1, -0.05) is 13.8 Å². The Balaban J connectivity index is 2.45. The van der Waals surface area contributed by atoms with Crippen molar-refractivity contribution in [3.05, 3.63) is 23.8 Å². The maximum Gasteiger partial charge on any atom is 0.317 e. The molecule has 1 heterocycles. The van der Waals surface area contributed by atoms with E-state index < -0.39 is 10.0 Å². The summed E-state index contributed by atoms with van der Waals surface area (Å²) in [6.45, 7) is 8.86. The summed E-state index contributed by atoms with van der Waals surface area (Å²) in [4.78, 5) is 29.5. The highest BCUT2D eigenvalue weighted by Gasteiger charge is 2.30. The second-order valence-corrected chi connectivity index (χ2v) is 10.7. The number of methoxy groups -OCH3 is 1. The largest absolute Gasteiger partial charge is 0.491 e. The van der Waals surface area contributed by atoms with Crippen LogP contribution < -0.4 is 14.8 Å². The normalized spacial score (nSPS) is 22.2. The molecule has 192 valence electrons. The zero-order valence-electron chi connectivity index (χ0n) is 21.0. The van der Waals surface area contributed by atoms with Crippen LogP contribution in [0.25, 0.3) is 0 Å². The standard InChI is InChI=1S/C23H38N4O6S/c1-7-11-24-23(29)27-13-16(3)21(32-6)14-26(5)22(28)19-12-18(25-34(30,31)8-2)9-10-20(19)33-15-17(27)4/h9-10,12,16-17,21,25H,7-8,11,13-15H2,1-6H3,(H,24,29)/t16-,17-,21+/m1/s1. The van der Waals surface area contributed by atoms with E-state index in [4.69, 9.17) is 9.47 Å². The number of hydrogen-bond acceptors (Lipinski definition) is 6. The number of nitrogens with zero attached hydrogens (tertiary/aromatic N) is 2. The Kier molecular flexibility index (Phi) is 9.99. The smallest absolute Gasteiger partial charge is 0.317 e. The molecule has 3 amide bonds. The van der Waals surface area contributed by atoms with Crippen LogP contribution in [0.3, 0.4) is 0 Å². The number of carbonyl (C=O) groups is 2. The lowest BCUT2D eigenvalue weighted by atomic mass is 10.0. The number of benzene rings is 1. The van der Waals surface area contributed by atoms with Gasteiger partial charge in [0.15, 0.2) is 0 Å². The molecule has 0 aliphatic carbocycles. The van der Waals surface area contributed by atoms with Crippen LogP contribution in [-0.2, 0) is 14.8 Å². The molecule has 11 heteroatoms. The average Bonchev–Trinajstić information content (AvgIpc) is 2.81. The van der Waals surface area contributed by atoms with Crippen LogP contribution in [0.5, 0.6) is 5.75 Å². The minimum Gasteiger partial charge on any atom is -0.491 e. The molecule has 1 aromatic rings. The van der Waals surface area contributed by atoms with Crippen molar-refractivity contribution < 1.29 is 27.5 Å². The third-order valence-corrected chi connectivity index (χ3v) is 7.19. The Bertz CT molecular complexity index is 955. The SMILES string of the molecule is CCCNC(=O)N1C[C@@H](C)[C@@H](OC)CN(C)C(=O)c2cc(NS(=O)(=O)CC)ccc2OC[C@H]1C. The number of rotatable bonds is 6. The van der Waals surface area contributed by atoms with Crippen LogP contribution in [0.1, 0.15) is 44.5 Å². The number of nitrogens with one attached hydrogen (secondary N) is 2. The molecule has 0 unspecified atom stereocenters. The molecule has 0 fully saturated rings. The van der Waals surface area contributed by atoms with Crippen LogP contribution >= 0.6 is 0 Å². The molecule has 0 bridgehead atoms. The van der Waals surface area contributed by atoms with Gasteiger partial charge < -0.3 is 24.6 Å². The van der Waals surface area contributed by atoms with Crippen molar-refractivity contribution in [2.45, 2.75) is 46.3 Å². The van der Waals surface area contributed by atoms with Gasteiger partial charge in [0.05, 0.1) is 23.5 Å². The summed E-state index contributed by atoms with van der Waals surface area (Å²) in [5.74, 6) is -0.140. The number of urea groups is 1. The quantitative estimate of drug-likeness (QED) is 0.622. The van der Waals surface area contributed by atoms with Crippen molar-refractivity contribution >= 4 is 27.6 Å². The van der Waals surface area contributed by atoms with Crippen molar-refractivity contribution in [3.63, 3.8) is 0 Å².